The fraction of sp³-hybridized carbons (Fsp3) is 0.333. The van der Waals surface area contributed by atoms with Gasteiger partial charge in [-0.3, -0.25) is 0 Å². The van der Waals surface area contributed by atoms with Gasteiger partial charge in [-0.05, 0) is 24.6 Å². The molecule has 0 aliphatic carbocycles. The van der Waals surface area contributed by atoms with Crippen LogP contribution in [0.3, 0.4) is 0 Å². The summed E-state index contributed by atoms with van der Waals surface area (Å²) in [4.78, 5) is 0. The molecule has 1 N–H and O–H groups in total. The molecule has 1 atom stereocenters. The number of aromatic nitrogens is 3. The minimum atomic E-state index is -0.584. The Labute approximate surface area is 99.7 Å². The van der Waals surface area contributed by atoms with Crippen molar-refractivity contribution in [1.29, 1.82) is 0 Å². The molecule has 0 saturated heterocycles. The molecule has 0 bridgehead atoms. The van der Waals surface area contributed by atoms with Crippen molar-refractivity contribution in [3.8, 4) is 5.75 Å². The first-order valence-corrected chi connectivity index (χ1v) is 5.40. The fourth-order valence-corrected chi connectivity index (χ4v) is 1.50. The quantitative estimate of drug-likeness (QED) is 0.866. The van der Waals surface area contributed by atoms with Crippen LogP contribution in [0.5, 0.6) is 5.75 Å². The molecule has 0 saturated carbocycles. The summed E-state index contributed by atoms with van der Waals surface area (Å²) in [6, 6.07) is 7.76. The van der Waals surface area contributed by atoms with E-state index in [9.17, 15) is 5.11 Å². The van der Waals surface area contributed by atoms with Gasteiger partial charge in [-0.15, -0.1) is 5.10 Å². The van der Waals surface area contributed by atoms with E-state index in [1.807, 2.05) is 24.3 Å². The SMILES string of the molecule is COc1ccc(Cn2cc([C@@H](C)O)nn2)cc1. The lowest BCUT2D eigenvalue weighted by Crippen LogP contribution is -2.00. The lowest BCUT2D eigenvalue weighted by molar-refractivity contribution is 0.194. The Kier molecular flexibility index (Phi) is 3.39. The van der Waals surface area contributed by atoms with E-state index in [2.05, 4.69) is 10.3 Å². The number of nitrogens with zero attached hydrogens (tertiary/aromatic N) is 3. The Morgan fingerprint density at radius 3 is 2.59 bits per heavy atom. The van der Waals surface area contributed by atoms with Crippen LogP contribution in [0, 0.1) is 0 Å². The second-order valence-corrected chi connectivity index (χ2v) is 3.87. The van der Waals surface area contributed by atoms with Crippen LogP contribution in [0.2, 0.25) is 0 Å². The lowest BCUT2D eigenvalue weighted by atomic mass is 10.2. The monoisotopic (exact) mass is 233 g/mol. The van der Waals surface area contributed by atoms with Gasteiger partial charge in [-0.2, -0.15) is 0 Å². The van der Waals surface area contributed by atoms with Crippen LogP contribution in [0.15, 0.2) is 30.5 Å². The summed E-state index contributed by atoms with van der Waals surface area (Å²) in [5, 5.41) is 17.2. The fourth-order valence-electron chi connectivity index (χ4n) is 1.50. The van der Waals surface area contributed by atoms with Gasteiger partial charge in [0.15, 0.2) is 0 Å². The zero-order chi connectivity index (χ0) is 12.3. The van der Waals surface area contributed by atoms with Crippen molar-refractivity contribution in [2.45, 2.75) is 19.6 Å². The number of aliphatic hydroxyl groups excluding tert-OH is 1. The van der Waals surface area contributed by atoms with Gasteiger partial charge in [0.2, 0.25) is 0 Å². The van der Waals surface area contributed by atoms with Crippen molar-refractivity contribution in [3.05, 3.63) is 41.7 Å². The largest absolute Gasteiger partial charge is 0.497 e. The predicted molar refractivity (Wildman–Crippen MR) is 62.8 cm³/mol. The minimum Gasteiger partial charge on any atom is -0.497 e. The van der Waals surface area contributed by atoms with Gasteiger partial charge in [0.25, 0.3) is 0 Å². The van der Waals surface area contributed by atoms with Gasteiger partial charge >= 0.3 is 0 Å². The number of methoxy groups -OCH3 is 1. The maximum atomic E-state index is 9.34. The highest BCUT2D eigenvalue weighted by molar-refractivity contribution is 5.27. The first kappa shape index (κ1) is 11.6. The Bertz CT molecular complexity index is 477. The topological polar surface area (TPSA) is 60.2 Å². The van der Waals surface area contributed by atoms with Crippen LogP contribution in [-0.2, 0) is 6.54 Å². The highest BCUT2D eigenvalue weighted by atomic mass is 16.5. The van der Waals surface area contributed by atoms with E-state index in [-0.39, 0.29) is 0 Å². The maximum Gasteiger partial charge on any atom is 0.118 e. The number of benzene rings is 1. The van der Waals surface area contributed by atoms with Crippen molar-refractivity contribution in [3.63, 3.8) is 0 Å². The van der Waals surface area contributed by atoms with Crippen LogP contribution >= 0.6 is 0 Å². The van der Waals surface area contributed by atoms with E-state index in [1.165, 1.54) is 0 Å². The zero-order valence-electron chi connectivity index (χ0n) is 9.87. The second-order valence-electron chi connectivity index (χ2n) is 3.87. The van der Waals surface area contributed by atoms with Gasteiger partial charge in [0.05, 0.1) is 26.0 Å². The van der Waals surface area contributed by atoms with E-state index >= 15 is 0 Å². The third kappa shape index (κ3) is 2.82. The van der Waals surface area contributed by atoms with Gasteiger partial charge in [-0.1, -0.05) is 17.3 Å². The summed E-state index contributed by atoms with van der Waals surface area (Å²) in [7, 11) is 1.64. The van der Waals surface area contributed by atoms with E-state index in [0.717, 1.165) is 11.3 Å². The molecular formula is C12H15N3O2. The molecule has 0 spiro atoms. The first-order chi connectivity index (χ1) is 8.19. The molecule has 5 nitrogen and oxygen atoms in total. The zero-order valence-corrected chi connectivity index (χ0v) is 9.87. The van der Waals surface area contributed by atoms with Crippen LogP contribution < -0.4 is 4.74 Å². The lowest BCUT2D eigenvalue weighted by Gasteiger charge is -2.03. The summed E-state index contributed by atoms with van der Waals surface area (Å²) >= 11 is 0. The number of ether oxygens (including phenoxy) is 1. The van der Waals surface area contributed by atoms with Crippen LogP contribution in [0.25, 0.3) is 0 Å². The van der Waals surface area contributed by atoms with Crippen molar-refractivity contribution >= 4 is 0 Å². The first-order valence-electron chi connectivity index (χ1n) is 5.40. The van der Waals surface area contributed by atoms with Crippen LogP contribution in [0.4, 0.5) is 0 Å². The van der Waals surface area contributed by atoms with Crippen molar-refractivity contribution < 1.29 is 9.84 Å². The molecule has 5 heteroatoms. The smallest absolute Gasteiger partial charge is 0.118 e. The summed E-state index contributed by atoms with van der Waals surface area (Å²) in [5.74, 6) is 0.831. The van der Waals surface area contributed by atoms with E-state index in [4.69, 9.17) is 4.74 Å². The Hall–Kier alpha value is -1.88. The number of rotatable bonds is 4. The van der Waals surface area contributed by atoms with E-state index in [0.29, 0.717) is 12.2 Å². The molecule has 90 valence electrons. The van der Waals surface area contributed by atoms with Crippen molar-refractivity contribution in [1.82, 2.24) is 15.0 Å². The van der Waals surface area contributed by atoms with E-state index in [1.54, 1.807) is 24.9 Å². The number of aliphatic hydroxyl groups is 1. The molecule has 0 aliphatic heterocycles. The average Bonchev–Trinajstić information content (AvgIpc) is 2.79. The van der Waals surface area contributed by atoms with Gasteiger partial charge in [-0.25, -0.2) is 4.68 Å². The molecule has 2 rings (SSSR count). The van der Waals surface area contributed by atoms with Crippen LogP contribution in [0.1, 0.15) is 24.3 Å². The highest BCUT2D eigenvalue weighted by Gasteiger charge is 2.06. The standard InChI is InChI=1S/C12H15N3O2/c1-9(16)12-8-15(14-13-12)7-10-3-5-11(17-2)6-4-10/h3-6,8-9,16H,7H2,1-2H3/t9-/m1/s1. The highest BCUT2D eigenvalue weighted by Crippen LogP contribution is 2.13. The van der Waals surface area contributed by atoms with Gasteiger partial charge < -0.3 is 9.84 Å². The summed E-state index contributed by atoms with van der Waals surface area (Å²) in [6.07, 6.45) is 1.16. The molecule has 0 fully saturated rings. The maximum absolute atomic E-state index is 9.34. The van der Waals surface area contributed by atoms with Crippen molar-refractivity contribution in [2.24, 2.45) is 0 Å². The molecular weight excluding hydrogens is 218 g/mol. The Balaban J connectivity index is 2.08. The molecule has 1 heterocycles. The molecule has 0 unspecified atom stereocenters. The Morgan fingerprint density at radius 2 is 2.06 bits per heavy atom. The molecule has 1 aromatic carbocycles. The van der Waals surface area contributed by atoms with Gasteiger partial charge in [0, 0.05) is 0 Å². The Morgan fingerprint density at radius 1 is 1.35 bits per heavy atom. The predicted octanol–water partition coefficient (Wildman–Crippen LogP) is 1.39. The summed E-state index contributed by atoms with van der Waals surface area (Å²) in [6.45, 7) is 2.30. The average molecular weight is 233 g/mol. The second kappa shape index (κ2) is 4.97. The third-order valence-corrected chi connectivity index (χ3v) is 2.49. The number of hydrogen-bond donors (Lipinski definition) is 1. The number of hydrogen-bond acceptors (Lipinski definition) is 4. The molecule has 0 aliphatic rings. The normalized spacial score (nSPS) is 12.4. The van der Waals surface area contributed by atoms with Gasteiger partial charge in [0.1, 0.15) is 11.4 Å². The van der Waals surface area contributed by atoms with Crippen molar-refractivity contribution in [2.75, 3.05) is 7.11 Å². The molecule has 1 aromatic heterocycles. The van der Waals surface area contributed by atoms with Crippen LogP contribution in [-0.4, -0.2) is 27.2 Å². The minimum absolute atomic E-state index is 0.582. The summed E-state index contributed by atoms with van der Waals surface area (Å²) < 4.78 is 6.79. The summed E-state index contributed by atoms with van der Waals surface area (Å²) in [5.41, 5.74) is 1.69. The molecule has 0 radical (unpaired) electrons. The molecule has 0 amide bonds. The third-order valence-electron chi connectivity index (χ3n) is 2.49. The molecule has 17 heavy (non-hydrogen) atoms. The molecule has 2 aromatic rings. The van der Waals surface area contributed by atoms with E-state index < -0.39 is 6.10 Å².